The number of nitrogens with one attached hydrogen (secondary N) is 1. The third kappa shape index (κ3) is 2.67. The minimum atomic E-state index is -0.702. The maximum Gasteiger partial charge on any atom is 0.433 e. The number of hydrogen-bond donors (Lipinski definition) is 2. The molecule has 0 bridgehead atoms. The van der Waals surface area contributed by atoms with Gasteiger partial charge in [-0.3, -0.25) is 14.9 Å². The molecular formula is C11H14N2O5. The van der Waals surface area contributed by atoms with Crippen LogP contribution in [-0.4, -0.2) is 28.1 Å². The fraction of sp³-hybridized carbons (Fsp3) is 0.545. The van der Waals surface area contributed by atoms with Crippen molar-refractivity contribution in [1.82, 2.24) is 5.32 Å². The van der Waals surface area contributed by atoms with Gasteiger partial charge in [-0.05, 0) is 18.9 Å². The zero-order valence-corrected chi connectivity index (χ0v) is 9.67. The second-order valence-electron chi connectivity index (χ2n) is 4.33. The van der Waals surface area contributed by atoms with E-state index in [0.717, 1.165) is 18.9 Å². The summed E-state index contributed by atoms with van der Waals surface area (Å²) in [5.74, 6) is -1.11. The lowest BCUT2D eigenvalue weighted by atomic mass is 9.92. The van der Waals surface area contributed by atoms with Gasteiger partial charge in [0.2, 0.25) is 0 Å². The van der Waals surface area contributed by atoms with Crippen molar-refractivity contribution in [2.75, 3.05) is 0 Å². The summed E-state index contributed by atoms with van der Waals surface area (Å²) in [6.45, 7) is 0. The number of carbonyl (C=O) groups excluding carboxylic acids is 1. The topological polar surface area (TPSA) is 106 Å². The Morgan fingerprint density at radius 2 is 2.17 bits per heavy atom. The van der Waals surface area contributed by atoms with Crippen molar-refractivity contribution < 1.29 is 19.2 Å². The number of hydrogen-bond acceptors (Lipinski definition) is 5. The highest BCUT2D eigenvalue weighted by molar-refractivity contribution is 5.91. The van der Waals surface area contributed by atoms with Gasteiger partial charge in [0.15, 0.2) is 5.76 Å². The highest BCUT2D eigenvalue weighted by atomic mass is 16.6. The number of aliphatic hydroxyl groups excluding tert-OH is 1. The van der Waals surface area contributed by atoms with Gasteiger partial charge in [0.25, 0.3) is 5.91 Å². The molecule has 0 aliphatic heterocycles. The molecule has 1 aromatic heterocycles. The van der Waals surface area contributed by atoms with Gasteiger partial charge in [0, 0.05) is 0 Å². The molecule has 7 nitrogen and oxygen atoms in total. The number of carbonyl (C=O) groups is 1. The molecule has 1 saturated carbocycles. The third-order valence-corrected chi connectivity index (χ3v) is 3.04. The summed E-state index contributed by atoms with van der Waals surface area (Å²) in [5.41, 5.74) is 0. The van der Waals surface area contributed by atoms with E-state index in [9.17, 15) is 20.0 Å². The van der Waals surface area contributed by atoms with Gasteiger partial charge in [-0.2, -0.15) is 0 Å². The van der Waals surface area contributed by atoms with Crippen LogP contribution in [0.4, 0.5) is 5.88 Å². The Morgan fingerprint density at radius 1 is 1.44 bits per heavy atom. The highest BCUT2D eigenvalue weighted by Crippen LogP contribution is 2.20. The van der Waals surface area contributed by atoms with Crippen molar-refractivity contribution in [2.45, 2.75) is 37.8 Å². The minimum Gasteiger partial charge on any atom is -0.395 e. The van der Waals surface area contributed by atoms with Crippen LogP contribution in [0.15, 0.2) is 16.5 Å². The Kier molecular flexibility index (Phi) is 3.61. The molecule has 0 radical (unpaired) electrons. The van der Waals surface area contributed by atoms with E-state index in [1.165, 1.54) is 6.07 Å². The van der Waals surface area contributed by atoms with Crippen molar-refractivity contribution in [3.05, 3.63) is 28.0 Å². The van der Waals surface area contributed by atoms with Gasteiger partial charge in [-0.25, -0.2) is 0 Å². The minimum absolute atomic E-state index is 0.112. The number of aliphatic hydroxyl groups is 1. The van der Waals surface area contributed by atoms with Crippen LogP contribution in [0.25, 0.3) is 0 Å². The van der Waals surface area contributed by atoms with Crippen LogP contribution in [0.5, 0.6) is 0 Å². The maximum absolute atomic E-state index is 11.8. The number of amides is 1. The highest BCUT2D eigenvalue weighted by Gasteiger charge is 2.26. The average Bonchev–Trinajstić information content (AvgIpc) is 2.81. The van der Waals surface area contributed by atoms with E-state index in [1.807, 2.05) is 0 Å². The average molecular weight is 254 g/mol. The Balaban J connectivity index is 2.00. The summed E-state index contributed by atoms with van der Waals surface area (Å²) in [6, 6.07) is 2.07. The van der Waals surface area contributed by atoms with E-state index in [0.29, 0.717) is 12.8 Å². The van der Waals surface area contributed by atoms with Gasteiger partial charge in [0.1, 0.15) is 4.92 Å². The molecule has 1 aliphatic carbocycles. The molecule has 1 aliphatic rings. The van der Waals surface area contributed by atoms with E-state index in [1.54, 1.807) is 0 Å². The molecule has 2 atom stereocenters. The molecule has 7 heteroatoms. The van der Waals surface area contributed by atoms with E-state index < -0.39 is 22.8 Å². The lowest BCUT2D eigenvalue weighted by Crippen LogP contribution is -2.44. The summed E-state index contributed by atoms with van der Waals surface area (Å²) in [7, 11) is 0. The van der Waals surface area contributed by atoms with Crippen molar-refractivity contribution in [3.63, 3.8) is 0 Å². The summed E-state index contributed by atoms with van der Waals surface area (Å²) in [5, 5.41) is 22.8. The predicted octanol–water partition coefficient (Wildman–Crippen LogP) is 1.22. The fourth-order valence-corrected chi connectivity index (χ4v) is 2.07. The fourth-order valence-electron chi connectivity index (χ4n) is 2.07. The van der Waals surface area contributed by atoms with Crippen molar-refractivity contribution in [1.29, 1.82) is 0 Å². The number of nitro groups is 1. The van der Waals surface area contributed by atoms with Crippen LogP contribution in [0.3, 0.4) is 0 Å². The van der Waals surface area contributed by atoms with Crippen LogP contribution in [0.2, 0.25) is 0 Å². The zero-order valence-electron chi connectivity index (χ0n) is 9.67. The first kappa shape index (κ1) is 12.6. The Bertz CT molecular complexity index is 456. The Hall–Kier alpha value is -1.89. The summed E-state index contributed by atoms with van der Waals surface area (Å²) in [6.07, 6.45) is 2.69. The van der Waals surface area contributed by atoms with Crippen LogP contribution >= 0.6 is 0 Å². The van der Waals surface area contributed by atoms with Gasteiger partial charge in [-0.15, -0.1) is 0 Å². The van der Waals surface area contributed by atoms with Crippen LogP contribution < -0.4 is 5.32 Å². The molecule has 2 rings (SSSR count). The van der Waals surface area contributed by atoms with E-state index in [4.69, 9.17) is 4.42 Å². The molecular weight excluding hydrogens is 240 g/mol. The summed E-state index contributed by atoms with van der Waals surface area (Å²) in [4.78, 5) is 21.5. The number of furan rings is 1. The first-order valence-electron chi connectivity index (χ1n) is 5.81. The molecule has 98 valence electrons. The van der Waals surface area contributed by atoms with Gasteiger partial charge in [0.05, 0.1) is 18.2 Å². The van der Waals surface area contributed by atoms with Gasteiger partial charge < -0.3 is 14.8 Å². The second kappa shape index (κ2) is 5.18. The summed E-state index contributed by atoms with van der Waals surface area (Å²) >= 11 is 0. The number of nitrogens with zero attached hydrogens (tertiary/aromatic N) is 1. The largest absolute Gasteiger partial charge is 0.433 e. The van der Waals surface area contributed by atoms with Gasteiger partial charge >= 0.3 is 5.88 Å². The molecule has 18 heavy (non-hydrogen) atoms. The van der Waals surface area contributed by atoms with Crippen molar-refractivity contribution in [2.24, 2.45) is 0 Å². The third-order valence-electron chi connectivity index (χ3n) is 3.04. The lowest BCUT2D eigenvalue weighted by Gasteiger charge is -2.27. The molecule has 1 heterocycles. The quantitative estimate of drug-likeness (QED) is 0.623. The number of rotatable bonds is 3. The van der Waals surface area contributed by atoms with E-state index in [-0.39, 0.29) is 11.8 Å². The SMILES string of the molecule is O=C(NC1CCCCC1O)c1ccc([N+](=O)[O-])o1. The van der Waals surface area contributed by atoms with E-state index >= 15 is 0 Å². The monoisotopic (exact) mass is 254 g/mol. The van der Waals surface area contributed by atoms with Crippen LogP contribution in [-0.2, 0) is 0 Å². The Labute approximate surface area is 103 Å². The molecule has 0 spiro atoms. The molecule has 2 unspecified atom stereocenters. The molecule has 1 aromatic rings. The van der Waals surface area contributed by atoms with E-state index in [2.05, 4.69) is 5.32 Å². The smallest absolute Gasteiger partial charge is 0.395 e. The standard InChI is InChI=1S/C11H14N2O5/c14-8-4-2-1-3-7(8)12-11(15)9-5-6-10(18-9)13(16)17/h5-8,14H,1-4H2,(H,12,15). The molecule has 0 saturated heterocycles. The van der Waals surface area contributed by atoms with Gasteiger partial charge in [-0.1, -0.05) is 12.8 Å². The van der Waals surface area contributed by atoms with Crippen LogP contribution in [0, 0.1) is 10.1 Å². The van der Waals surface area contributed by atoms with Crippen molar-refractivity contribution >= 4 is 11.8 Å². The normalized spacial score (nSPS) is 23.6. The van der Waals surface area contributed by atoms with Crippen molar-refractivity contribution in [3.8, 4) is 0 Å². The summed E-state index contributed by atoms with van der Waals surface area (Å²) < 4.78 is 4.79. The molecule has 1 fully saturated rings. The first-order chi connectivity index (χ1) is 8.58. The Morgan fingerprint density at radius 3 is 2.78 bits per heavy atom. The molecule has 2 N–H and O–H groups in total. The molecule has 1 amide bonds. The lowest BCUT2D eigenvalue weighted by molar-refractivity contribution is -0.402. The maximum atomic E-state index is 11.8. The predicted molar refractivity (Wildman–Crippen MR) is 61.1 cm³/mol. The van der Waals surface area contributed by atoms with Crippen LogP contribution in [0.1, 0.15) is 36.2 Å². The second-order valence-corrected chi connectivity index (χ2v) is 4.33. The zero-order chi connectivity index (χ0) is 13.1. The molecule has 0 aromatic carbocycles. The first-order valence-corrected chi connectivity index (χ1v) is 5.81.